The maximum atomic E-state index is 12.3. The van der Waals surface area contributed by atoms with Gasteiger partial charge in [0.05, 0.1) is 24.5 Å². The largest absolute Gasteiger partial charge is 0.493 e. The number of carbonyl (C=O) groups is 1. The summed E-state index contributed by atoms with van der Waals surface area (Å²) in [5.74, 6) is 0.359. The molecular weight excluding hydrogens is 308 g/mol. The van der Waals surface area contributed by atoms with Gasteiger partial charge in [-0.15, -0.1) is 0 Å². The van der Waals surface area contributed by atoms with Crippen molar-refractivity contribution in [1.29, 1.82) is 0 Å². The second kappa shape index (κ2) is 8.29. The molecule has 0 saturated heterocycles. The van der Waals surface area contributed by atoms with Crippen LogP contribution in [0.15, 0.2) is 29.1 Å². The molecule has 0 atom stereocenters. The summed E-state index contributed by atoms with van der Waals surface area (Å²) in [6.45, 7) is 6.19. The molecule has 128 valence electrons. The molecule has 0 aliphatic heterocycles. The monoisotopic (exact) mass is 330 g/mol. The van der Waals surface area contributed by atoms with Crippen LogP contribution in [0.25, 0.3) is 11.4 Å². The molecule has 0 aliphatic carbocycles. The standard InChI is InChI=1S/C18H22N2O4/c1-4-6-11-24-14-10-8-7-9-13(14)16-19-12(3)15(17(21)20-16)18(22)23-5-2/h7-10H,4-6,11H2,1-3H3,(H,19,20,21). The number of aromatic nitrogens is 2. The van der Waals surface area contributed by atoms with Gasteiger partial charge in [-0.1, -0.05) is 25.5 Å². The Kier molecular flexibility index (Phi) is 6.12. The molecule has 2 aromatic rings. The Balaban J connectivity index is 2.40. The average molecular weight is 330 g/mol. The Morgan fingerprint density at radius 3 is 2.67 bits per heavy atom. The van der Waals surface area contributed by atoms with E-state index >= 15 is 0 Å². The van der Waals surface area contributed by atoms with Crippen molar-refractivity contribution in [3.8, 4) is 17.1 Å². The van der Waals surface area contributed by atoms with Crippen LogP contribution in [0.4, 0.5) is 0 Å². The van der Waals surface area contributed by atoms with Crippen LogP contribution < -0.4 is 10.3 Å². The van der Waals surface area contributed by atoms with Gasteiger partial charge < -0.3 is 14.5 Å². The van der Waals surface area contributed by atoms with E-state index in [-0.39, 0.29) is 12.2 Å². The quantitative estimate of drug-likeness (QED) is 0.623. The second-order valence-corrected chi connectivity index (χ2v) is 5.29. The first kappa shape index (κ1) is 17.7. The Morgan fingerprint density at radius 1 is 1.25 bits per heavy atom. The SMILES string of the molecule is CCCCOc1ccccc1-c1nc(C)c(C(=O)OCC)c(=O)[nH]1. The third-order valence-electron chi connectivity index (χ3n) is 3.48. The number of rotatable bonds is 7. The molecule has 0 aliphatic rings. The van der Waals surface area contributed by atoms with E-state index in [9.17, 15) is 9.59 Å². The molecule has 0 radical (unpaired) electrons. The Labute approximate surface area is 140 Å². The minimum Gasteiger partial charge on any atom is -0.493 e. The summed E-state index contributed by atoms with van der Waals surface area (Å²) in [7, 11) is 0. The molecule has 6 heteroatoms. The smallest absolute Gasteiger partial charge is 0.345 e. The zero-order valence-corrected chi connectivity index (χ0v) is 14.2. The van der Waals surface area contributed by atoms with Gasteiger partial charge in [0.1, 0.15) is 17.1 Å². The lowest BCUT2D eigenvalue weighted by atomic mass is 10.1. The van der Waals surface area contributed by atoms with Crippen LogP contribution >= 0.6 is 0 Å². The third kappa shape index (κ3) is 4.01. The zero-order valence-electron chi connectivity index (χ0n) is 14.2. The van der Waals surface area contributed by atoms with E-state index in [1.165, 1.54) is 0 Å². The Morgan fingerprint density at radius 2 is 2.00 bits per heavy atom. The van der Waals surface area contributed by atoms with E-state index in [2.05, 4.69) is 16.9 Å². The van der Waals surface area contributed by atoms with Crippen LogP contribution in [0.1, 0.15) is 42.7 Å². The minimum atomic E-state index is -0.664. The number of carbonyl (C=O) groups excluding carboxylic acids is 1. The summed E-state index contributed by atoms with van der Waals surface area (Å²) >= 11 is 0. The zero-order chi connectivity index (χ0) is 17.5. The summed E-state index contributed by atoms with van der Waals surface area (Å²) < 4.78 is 10.7. The fourth-order valence-electron chi connectivity index (χ4n) is 2.27. The van der Waals surface area contributed by atoms with Crippen LogP contribution in [-0.2, 0) is 4.74 Å². The number of nitrogens with one attached hydrogen (secondary N) is 1. The number of unbranched alkanes of at least 4 members (excludes halogenated alkanes) is 1. The molecule has 0 unspecified atom stereocenters. The summed E-state index contributed by atoms with van der Waals surface area (Å²) in [5, 5.41) is 0. The molecule has 0 spiro atoms. The molecular formula is C18H22N2O4. The first-order chi connectivity index (χ1) is 11.6. The van der Waals surface area contributed by atoms with Crippen molar-refractivity contribution in [3.05, 3.63) is 45.9 Å². The highest BCUT2D eigenvalue weighted by Crippen LogP contribution is 2.27. The van der Waals surface area contributed by atoms with Crippen molar-refractivity contribution in [2.24, 2.45) is 0 Å². The van der Waals surface area contributed by atoms with Crippen molar-refractivity contribution in [2.75, 3.05) is 13.2 Å². The molecule has 0 saturated carbocycles. The third-order valence-corrected chi connectivity index (χ3v) is 3.48. The van der Waals surface area contributed by atoms with Crippen molar-refractivity contribution >= 4 is 5.97 Å². The molecule has 1 aromatic heterocycles. The predicted octanol–water partition coefficient (Wildman–Crippen LogP) is 3.10. The van der Waals surface area contributed by atoms with E-state index in [1.54, 1.807) is 13.8 Å². The maximum absolute atomic E-state index is 12.3. The van der Waals surface area contributed by atoms with Gasteiger partial charge in [-0.25, -0.2) is 9.78 Å². The van der Waals surface area contributed by atoms with Gasteiger partial charge in [0, 0.05) is 0 Å². The normalized spacial score (nSPS) is 10.5. The minimum absolute atomic E-state index is 0.0648. The highest BCUT2D eigenvalue weighted by atomic mass is 16.5. The van der Waals surface area contributed by atoms with Gasteiger partial charge >= 0.3 is 5.97 Å². The number of nitrogens with zero attached hydrogens (tertiary/aromatic N) is 1. The van der Waals surface area contributed by atoms with Gasteiger partial charge in [0.2, 0.25) is 0 Å². The highest BCUT2D eigenvalue weighted by molar-refractivity contribution is 5.90. The second-order valence-electron chi connectivity index (χ2n) is 5.29. The van der Waals surface area contributed by atoms with Gasteiger partial charge in [0.25, 0.3) is 5.56 Å². The van der Waals surface area contributed by atoms with E-state index < -0.39 is 11.5 Å². The number of para-hydroxylation sites is 1. The van der Waals surface area contributed by atoms with E-state index in [0.29, 0.717) is 29.4 Å². The summed E-state index contributed by atoms with van der Waals surface area (Å²) in [5.41, 5.74) is 0.434. The number of ether oxygens (including phenoxy) is 2. The van der Waals surface area contributed by atoms with Crippen molar-refractivity contribution in [3.63, 3.8) is 0 Å². The first-order valence-corrected chi connectivity index (χ1v) is 8.08. The topological polar surface area (TPSA) is 81.3 Å². The average Bonchev–Trinajstić information content (AvgIpc) is 2.55. The van der Waals surface area contributed by atoms with Gasteiger partial charge in [-0.2, -0.15) is 0 Å². The maximum Gasteiger partial charge on any atom is 0.345 e. The Bertz CT molecular complexity index is 768. The first-order valence-electron chi connectivity index (χ1n) is 8.08. The van der Waals surface area contributed by atoms with Gasteiger partial charge in [-0.3, -0.25) is 4.79 Å². The number of hydrogen-bond donors (Lipinski definition) is 1. The van der Waals surface area contributed by atoms with Crippen molar-refractivity contribution in [2.45, 2.75) is 33.6 Å². The summed E-state index contributed by atoms with van der Waals surface area (Å²) in [6, 6.07) is 7.36. The fraction of sp³-hybridized carbons (Fsp3) is 0.389. The number of aryl methyl sites for hydroxylation is 1. The van der Waals surface area contributed by atoms with Crippen LogP contribution in [0.3, 0.4) is 0 Å². The van der Waals surface area contributed by atoms with E-state index in [0.717, 1.165) is 12.8 Å². The van der Waals surface area contributed by atoms with Crippen LogP contribution in [0.5, 0.6) is 5.75 Å². The molecule has 1 N–H and O–H groups in total. The number of H-pyrrole nitrogens is 1. The molecule has 2 rings (SSSR count). The number of hydrogen-bond acceptors (Lipinski definition) is 5. The number of aromatic amines is 1. The van der Waals surface area contributed by atoms with Crippen LogP contribution in [0, 0.1) is 6.92 Å². The number of esters is 1. The molecule has 24 heavy (non-hydrogen) atoms. The van der Waals surface area contributed by atoms with E-state index in [1.807, 2.05) is 24.3 Å². The lowest BCUT2D eigenvalue weighted by Crippen LogP contribution is -2.23. The number of benzene rings is 1. The van der Waals surface area contributed by atoms with E-state index in [4.69, 9.17) is 9.47 Å². The van der Waals surface area contributed by atoms with Gasteiger partial charge in [-0.05, 0) is 32.4 Å². The van der Waals surface area contributed by atoms with Crippen molar-refractivity contribution < 1.29 is 14.3 Å². The van der Waals surface area contributed by atoms with Crippen LogP contribution in [0.2, 0.25) is 0 Å². The predicted molar refractivity (Wildman–Crippen MR) is 91.4 cm³/mol. The summed E-state index contributed by atoms with van der Waals surface area (Å²) in [4.78, 5) is 31.2. The fourth-order valence-corrected chi connectivity index (χ4v) is 2.27. The molecule has 0 bridgehead atoms. The highest BCUT2D eigenvalue weighted by Gasteiger charge is 2.19. The molecule has 1 heterocycles. The molecule has 1 aromatic carbocycles. The van der Waals surface area contributed by atoms with Crippen molar-refractivity contribution in [1.82, 2.24) is 9.97 Å². The van der Waals surface area contributed by atoms with Crippen LogP contribution in [-0.4, -0.2) is 29.2 Å². The lowest BCUT2D eigenvalue weighted by molar-refractivity contribution is 0.0523. The van der Waals surface area contributed by atoms with Gasteiger partial charge in [0.15, 0.2) is 0 Å². The Hall–Kier alpha value is -2.63. The lowest BCUT2D eigenvalue weighted by Gasteiger charge is -2.12. The molecule has 6 nitrogen and oxygen atoms in total. The molecule has 0 fully saturated rings. The summed E-state index contributed by atoms with van der Waals surface area (Å²) in [6.07, 6.45) is 1.98. The molecule has 0 amide bonds.